The lowest BCUT2D eigenvalue weighted by Gasteiger charge is -2.38. The standard InChI is InChI=1S/C26H38Si/c1-17(2)27(18(3)4)23-13-11-19(25(5,6)7)15-21(23)22-16-20(26(8,9)10)12-14-24(22)27/h11-18H,1-10H3. The second-order valence-electron chi connectivity index (χ2n) is 11.2. The summed E-state index contributed by atoms with van der Waals surface area (Å²) in [5.74, 6) is 0. The minimum atomic E-state index is -1.79. The fraction of sp³-hybridized carbons (Fsp3) is 0.538. The predicted molar refractivity (Wildman–Crippen MR) is 124 cm³/mol. The van der Waals surface area contributed by atoms with Crippen molar-refractivity contribution in [3.63, 3.8) is 0 Å². The van der Waals surface area contributed by atoms with Gasteiger partial charge in [0, 0.05) is 0 Å². The van der Waals surface area contributed by atoms with Crippen molar-refractivity contribution in [1.82, 2.24) is 0 Å². The highest BCUT2D eigenvalue weighted by molar-refractivity contribution is 7.07. The van der Waals surface area contributed by atoms with Crippen molar-refractivity contribution in [2.24, 2.45) is 0 Å². The monoisotopic (exact) mass is 378 g/mol. The van der Waals surface area contributed by atoms with Crippen LogP contribution in [0, 0.1) is 0 Å². The molecule has 0 N–H and O–H groups in total. The number of fused-ring (bicyclic) bond motifs is 3. The molecule has 0 fully saturated rings. The van der Waals surface area contributed by atoms with Crippen molar-refractivity contribution in [3.8, 4) is 11.1 Å². The van der Waals surface area contributed by atoms with Crippen LogP contribution < -0.4 is 10.4 Å². The van der Waals surface area contributed by atoms with Gasteiger partial charge in [-0.1, -0.05) is 106 Å². The largest absolute Gasteiger partial charge is 0.124 e. The van der Waals surface area contributed by atoms with Gasteiger partial charge in [-0.25, -0.2) is 0 Å². The zero-order valence-corrected chi connectivity index (χ0v) is 20.1. The number of benzene rings is 2. The molecule has 1 aliphatic heterocycles. The molecule has 0 saturated carbocycles. The Balaban J connectivity index is 2.40. The fourth-order valence-corrected chi connectivity index (χ4v) is 11.4. The van der Waals surface area contributed by atoms with Crippen molar-refractivity contribution in [2.75, 3.05) is 0 Å². The third-order valence-electron chi connectivity index (χ3n) is 6.77. The van der Waals surface area contributed by atoms with Crippen molar-refractivity contribution in [2.45, 2.75) is 91.1 Å². The second kappa shape index (κ2) is 6.34. The lowest BCUT2D eigenvalue weighted by Crippen LogP contribution is -2.60. The van der Waals surface area contributed by atoms with E-state index in [-0.39, 0.29) is 10.8 Å². The summed E-state index contributed by atoms with van der Waals surface area (Å²) in [5.41, 5.74) is 7.70. The minimum Gasteiger partial charge on any atom is -0.0645 e. The van der Waals surface area contributed by atoms with E-state index >= 15 is 0 Å². The van der Waals surface area contributed by atoms with Gasteiger partial charge in [0.2, 0.25) is 0 Å². The maximum atomic E-state index is 2.51. The second-order valence-corrected chi connectivity index (χ2v) is 16.3. The Labute approximate surface area is 168 Å². The van der Waals surface area contributed by atoms with Gasteiger partial charge in [0.1, 0.15) is 8.07 Å². The van der Waals surface area contributed by atoms with Crippen LogP contribution in [0.3, 0.4) is 0 Å². The van der Waals surface area contributed by atoms with E-state index in [0.29, 0.717) is 11.1 Å². The Morgan fingerprint density at radius 2 is 0.926 bits per heavy atom. The first kappa shape index (κ1) is 20.4. The molecule has 0 aliphatic carbocycles. The van der Waals surface area contributed by atoms with E-state index in [1.807, 2.05) is 0 Å². The van der Waals surface area contributed by atoms with Crippen molar-refractivity contribution in [3.05, 3.63) is 47.5 Å². The molecule has 0 spiro atoms. The zero-order valence-electron chi connectivity index (χ0n) is 19.1. The summed E-state index contributed by atoms with van der Waals surface area (Å²) >= 11 is 0. The van der Waals surface area contributed by atoms with E-state index in [4.69, 9.17) is 0 Å². The molecule has 0 amide bonds. The summed E-state index contributed by atoms with van der Waals surface area (Å²) in [4.78, 5) is 0. The molecule has 146 valence electrons. The van der Waals surface area contributed by atoms with Gasteiger partial charge in [-0.3, -0.25) is 0 Å². The van der Waals surface area contributed by atoms with Crippen LogP contribution in [0.2, 0.25) is 11.1 Å². The summed E-state index contributed by atoms with van der Waals surface area (Å²) < 4.78 is 0. The number of hydrogen-bond acceptors (Lipinski definition) is 0. The number of rotatable bonds is 2. The maximum absolute atomic E-state index is 2.51. The van der Waals surface area contributed by atoms with Crippen LogP contribution in [0.15, 0.2) is 36.4 Å². The topological polar surface area (TPSA) is 0 Å². The highest BCUT2D eigenvalue weighted by atomic mass is 28.3. The van der Waals surface area contributed by atoms with Gasteiger partial charge in [-0.05, 0) is 54.5 Å². The molecule has 1 heteroatoms. The third kappa shape index (κ3) is 3.03. The quantitative estimate of drug-likeness (QED) is 0.513. The molecular weight excluding hydrogens is 340 g/mol. The third-order valence-corrected chi connectivity index (χ3v) is 13.1. The van der Waals surface area contributed by atoms with Gasteiger partial charge in [0.05, 0.1) is 0 Å². The average Bonchev–Trinajstić information content (AvgIpc) is 2.83. The summed E-state index contributed by atoms with van der Waals surface area (Å²) in [6.45, 7) is 23.8. The Hall–Kier alpha value is -1.34. The molecule has 0 bridgehead atoms. The molecule has 0 aromatic heterocycles. The predicted octanol–water partition coefficient (Wildman–Crippen LogP) is 6.65. The first-order valence-corrected chi connectivity index (χ1v) is 12.8. The minimum absolute atomic E-state index is 0.180. The Morgan fingerprint density at radius 3 is 1.19 bits per heavy atom. The molecule has 2 aromatic rings. The summed E-state index contributed by atoms with van der Waals surface area (Å²) in [6, 6.07) is 14.8. The molecule has 0 saturated heterocycles. The van der Waals surface area contributed by atoms with Crippen molar-refractivity contribution >= 4 is 18.4 Å². The van der Waals surface area contributed by atoms with E-state index < -0.39 is 8.07 Å². The van der Waals surface area contributed by atoms with Gasteiger partial charge < -0.3 is 0 Å². The lowest BCUT2D eigenvalue weighted by atomic mass is 9.83. The molecule has 27 heavy (non-hydrogen) atoms. The normalized spacial score (nSPS) is 16.0. The molecular formula is C26H38Si. The molecule has 0 radical (unpaired) electrons. The molecule has 1 heterocycles. The van der Waals surface area contributed by atoms with Crippen LogP contribution in [0.1, 0.15) is 80.4 Å². The maximum Gasteiger partial charge on any atom is 0.124 e. The lowest BCUT2D eigenvalue weighted by molar-refractivity contribution is 0.589. The van der Waals surface area contributed by atoms with Crippen LogP contribution in [-0.2, 0) is 10.8 Å². The average molecular weight is 379 g/mol. The Morgan fingerprint density at radius 1 is 0.593 bits per heavy atom. The molecule has 1 aliphatic rings. The van der Waals surface area contributed by atoms with Crippen LogP contribution in [0.4, 0.5) is 0 Å². The highest BCUT2D eigenvalue weighted by Crippen LogP contribution is 2.43. The van der Waals surface area contributed by atoms with Crippen LogP contribution in [-0.4, -0.2) is 8.07 Å². The van der Waals surface area contributed by atoms with Crippen molar-refractivity contribution < 1.29 is 0 Å². The van der Waals surface area contributed by atoms with Gasteiger partial charge >= 0.3 is 0 Å². The van der Waals surface area contributed by atoms with E-state index in [1.165, 1.54) is 22.3 Å². The van der Waals surface area contributed by atoms with E-state index in [0.717, 1.165) is 0 Å². The molecule has 0 unspecified atom stereocenters. The molecule has 0 atom stereocenters. The zero-order chi connectivity index (χ0) is 20.4. The Kier molecular flexibility index (Phi) is 4.79. The van der Waals surface area contributed by atoms with Gasteiger partial charge in [-0.15, -0.1) is 0 Å². The number of hydrogen-bond donors (Lipinski definition) is 0. The fourth-order valence-electron chi connectivity index (χ4n) is 5.24. The van der Waals surface area contributed by atoms with E-state index in [9.17, 15) is 0 Å². The first-order chi connectivity index (χ1) is 12.3. The summed E-state index contributed by atoms with van der Waals surface area (Å²) in [5, 5.41) is 3.34. The van der Waals surface area contributed by atoms with Crippen LogP contribution in [0.25, 0.3) is 11.1 Å². The highest BCUT2D eigenvalue weighted by Gasteiger charge is 2.50. The summed E-state index contributed by atoms with van der Waals surface area (Å²) in [6.07, 6.45) is 0. The van der Waals surface area contributed by atoms with Gasteiger partial charge in [-0.2, -0.15) is 0 Å². The van der Waals surface area contributed by atoms with E-state index in [1.54, 1.807) is 10.4 Å². The molecule has 0 nitrogen and oxygen atoms in total. The van der Waals surface area contributed by atoms with Crippen molar-refractivity contribution in [1.29, 1.82) is 0 Å². The van der Waals surface area contributed by atoms with Crippen LogP contribution >= 0.6 is 0 Å². The van der Waals surface area contributed by atoms with E-state index in [2.05, 4.69) is 106 Å². The summed E-state index contributed by atoms with van der Waals surface area (Å²) in [7, 11) is -1.79. The smallest absolute Gasteiger partial charge is 0.0645 e. The SMILES string of the molecule is CC(C)[Si]1(C(C)C)c2ccc(C(C)(C)C)cc2-c2cc(C(C)(C)C)ccc21. The van der Waals surface area contributed by atoms with Gasteiger partial charge in [0.25, 0.3) is 0 Å². The first-order valence-electron chi connectivity index (χ1n) is 10.6. The molecule has 3 rings (SSSR count). The Bertz CT molecular complexity index is 783. The molecule has 2 aromatic carbocycles. The van der Waals surface area contributed by atoms with Crippen LogP contribution in [0.5, 0.6) is 0 Å². The van der Waals surface area contributed by atoms with Gasteiger partial charge in [0.15, 0.2) is 0 Å².